The summed E-state index contributed by atoms with van der Waals surface area (Å²) in [6.07, 6.45) is 2.79. The Morgan fingerprint density at radius 2 is 1.86 bits per heavy atom. The van der Waals surface area contributed by atoms with Gasteiger partial charge in [-0.2, -0.15) is 5.10 Å². The Balaban J connectivity index is 1.61. The average Bonchev–Trinajstić information content (AvgIpc) is 2.70. The molecule has 3 aromatic rings. The van der Waals surface area contributed by atoms with E-state index in [9.17, 15) is 9.59 Å². The van der Waals surface area contributed by atoms with E-state index in [0.29, 0.717) is 30.1 Å². The SMILES string of the molecule is CSc1ccccc1NC(=O)CCCn1nc(-c2ccc(Cl)cc2)ccc1=O. The zero-order valence-electron chi connectivity index (χ0n) is 15.4. The number of anilines is 1. The van der Waals surface area contributed by atoms with Gasteiger partial charge in [-0.3, -0.25) is 9.59 Å². The average molecular weight is 414 g/mol. The lowest BCUT2D eigenvalue weighted by Crippen LogP contribution is -2.23. The van der Waals surface area contributed by atoms with Gasteiger partial charge in [0.15, 0.2) is 0 Å². The summed E-state index contributed by atoms with van der Waals surface area (Å²) in [5.41, 5.74) is 2.19. The van der Waals surface area contributed by atoms with Crippen LogP contribution in [-0.4, -0.2) is 21.9 Å². The van der Waals surface area contributed by atoms with E-state index in [1.807, 2.05) is 42.7 Å². The fraction of sp³-hybridized carbons (Fsp3) is 0.190. The molecule has 0 atom stereocenters. The Hall–Kier alpha value is -2.57. The van der Waals surface area contributed by atoms with Crippen LogP contribution < -0.4 is 10.9 Å². The van der Waals surface area contributed by atoms with Gasteiger partial charge in [-0.1, -0.05) is 35.9 Å². The molecule has 7 heteroatoms. The highest BCUT2D eigenvalue weighted by atomic mass is 35.5. The number of aromatic nitrogens is 2. The molecule has 1 heterocycles. The lowest BCUT2D eigenvalue weighted by atomic mass is 10.1. The van der Waals surface area contributed by atoms with Gasteiger partial charge >= 0.3 is 0 Å². The lowest BCUT2D eigenvalue weighted by molar-refractivity contribution is -0.116. The quantitative estimate of drug-likeness (QED) is 0.570. The summed E-state index contributed by atoms with van der Waals surface area (Å²) in [4.78, 5) is 25.3. The van der Waals surface area contributed by atoms with Gasteiger partial charge in [-0.05, 0) is 43.0 Å². The van der Waals surface area contributed by atoms with Crippen molar-refractivity contribution >= 4 is 35.0 Å². The highest BCUT2D eigenvalue weighted by Crippen LogP contribution is 2.24. The van der Waals surface area contributed by atoms with Crippen molar-refractivity contribution in [1.29, 1.82) is 0 Å². The number of carbonyl (C=O) groups excluding carboxylic acids is 1. The normalized spacial score (nSPS) is 10.6. The molecule has 0 fully saturated rings. The number of hydrogen-bond acceptors (Lipinski definition) is 4. The van der Waals surface area contributed by atoms with Gasteiger partial charge in [-0.15, -0.1) is 11.8 Å². The molecule has 0 unspecified atom stereocenters. The second kappa shape index (κ2) is 9.57. The summed E-state index contributed by atoms with van der Waals surface area (Å²) >= 11 is 7.50. The molecule has 144 valence electrons. The number of rotatable bonds is 7. The first-order valence-electron chi connectivity index (χ1n) is 8.84. The third-order valence-electron chi connectivity index (χ3n) is 4.16. The number of halogens is 1. The maximum absolute atomic E-state index is 12.2. The Bertz CT molecular complexity index is 1020. The summed E-state index contributed by atoms with van der Waals surface area (Å²) in [5, 5.41) is 7.98. The smallest absolute Gasteiger partial charge is 0.266 e. The third kappa shape index (κ3) is 5.24. The number of carbonyl (C=O) groups is 1. The van der Waals surface area contributed by atoms with Crippen molar-refractivity contribution in [2.45, 2.75) is 24.3 Å². The van der Waals surface area contributed by atoms with Gasteiger partial charge in [0, 0.05) is 34.5 Å². The first-order chi connectivity index (χ1) is 13.6. The van der Waals surface area contributed by atoms with E-state index in [1.165, 1.54) is 10.7 Å². The van der Waals surface area contributed by atoms with Crippen molar-refractivity contribution in [3.8, 4) is 11.3 Å². The highest BCUT2D eigenvalue weighted by molar-refractivity contribution is 7.98. The molecule has 2 aromatic carbocycles. The number of para-hydroxylation sites is 1. The van der Waals surface area contributed by atoms with Crippen LogP contribution in [0.5, 0.6) is 0 Å². The van der Waals surface area contributed by atoms with Gasteiger partial charge in [0.2, 0.25) is 5.91 Å². The topological polar surface area (TPSA) is 64.0 Å². The van der Waals surface area contributed by atoms with Crippen LogP contribution in [0.3, 0.4) is 0 Å². The van der Waals surface area contributed by atoms with Crippen LogP contribution >= 0.6 is 23.4 Å². The maximum Gasteiger partial charge on any atom is 0.266 e. The van der Waals surface area contributed by atoms with Crippen molar-refractivity contribution in [2.75, 3.05) is 11.6 Å². The first kappa shape index (κ1) is 20.2. The van der Waals surface area contributed by atoms with E-state index in [2.05, 4.69) is 10.4 Å². The Morgan fingerprint density at radius 3 is 2.61 bits per heavy atom. The van der Waals surface area contributed by atoms with Crippen molar-refractivity contribution in [3.63, 3.8) is 0 Å². The van der Waals surface area contributed by atoms with Crippen molar-refractivity contribution in [2.24, 2.45) is 0 Å². The molecule has 1 amide bonds. The molecule has 0 saturated heterocycles. The monoisotopic (exact) mass is 413 g/mol. The number of nitrogens with zero attached hydrogens (tertiary/aromatic N) is 2. The Kier molecular flexibility index (Phi) is 6.90. The van der Waals surface area contributed by atoms with Crippen LogP contribution in [0.15, 0.2) is 70.4 Å². The van der Waals surface area contributed by atoms with Crippen LogP contribution in [-0.2, 0) is 11.3 Å². The molecule has 0 aliphatic heterocycles. The van der Waals surface area contributed by atoms with Gasteiger partial charge < -0.3 is 5.32 Å². The Labute approximate surface area is 172 Å². The van der Waals surface area contributed by atoms with E-state index in [0.717, 1.165) is 16.1 Å². The second-order valence-electron chi connectivity index (χ2n) is 6.14. The second-order valence-corrected chi connectivity index (χ2v) is 7.42. The van der Waals surface area contributed by atoms with E-state index in [1.54, 1.807) is 30.0 Å². The lowest BCUT2D eigenvalue weighted by Gasteiger charge is -2.10. The molecule has 0 bridgehead atoms. The molecule has 3 rings (SSSR count). The molecule has 28 heavy (non-hydrogen) atoms. The maximum atomic E-state index is 12.2. The van der Waals surface area contributed by atoms with Gasteiger partial charge in [0.25, 0.3) is 5.56 Å². The molecular formula is C21H20ClN3O2S. The number of nitrogens with one attached hydrogen (secondary N) is 1. The van der Waals surface area contributed by atoms with Crippen LogP contribution in [0.2, 0.25) is 5.02 Å². The van der Waals surface area contributed by atoms with Crippen LogP contribution in [0.1, 0.15) is 12.8 Å². The molecule has 1 N–H and O–H groups in total. The highest BCUT2D eigenvalue weighted by Gasteiger charge is 2.08. The number of amides is 1. The number of benzene rings is 2. The molecular weight excluding hydrogens is 394 g/mol. The van der Waals surface area contributed by atoms with Crippen molar-refractivity contribution < 1.29 is 4.79 Å². The van der Waals surface area contributed by atoms with Gasteiger partial charge in [-0.25, -0.2) is 4.68 Å². The van der Waals surface area contributed by atoms with Gasteiger partial charge in [0.1, 0.15) is 0 Å². The van der Waals surface area contributed by atoms with Crippen LogP contribution in [0, 0.1) is 0 Å². The fourth-order valence-electron chi connectivity index (χ4n) is 2.73. The summed E-state index contributed by atoms with van der Waals surface area (Å²) in [7, 11) is 0. The number of aryl methyl sites for hydroxylation is 1. The van der Waals surface area contributed by atoms with E-state index in [-0.39, 0.29) is 11.5 Å². The minimum atomic E-state index is -0.189. The summed E-state index contributed by atoms with van der Waals surface area (Å²) in [6.45, 7) is 0.373. The van der Waals surface area contributed by atoms with Crippen molar-refractivity contribution in [3.05, 3.63) is 76.0 Å². The summed E-state index contributed by atoms with van der Waals surface area (Å²) < 4.78 is 1.40. The first-order valence-corrected chi connectivity index (χ1v) is 10.4. The Morgan fingerprint density at radius 1 is 1.11 bits per heavy atom. The molecule has 0 radical (unpaired) electrons. The third-order valence-corrected chi connectivity index (χ3v) is 5.21. The summed E-state index contributed by atoms with van der Waals surface area (Å²) in [6, 6.07) is 18.1. The van der Waals surface area contributed by atoms with E-state index >= 15 is 0 Å². The molecule has 0 spiro atoms. The molecule has 0 aliphatic carbocycles. The number of thioether (sulfide) groups is 1. The van der Waals surface area contributed by atoms with Crippen LogP contribution in [0.4, 0.5) is 5.69 Å². The predicted octanol–water partition coefficient (Wildman–Crippen LogP) is 4.70. The van der Waals surface area contributed by atoms with Gasteiger partial charge in [0.05, 0.1) is 11.4 Å². The van der Waals surface area contributed by atoms with E-state index < -0.39 is 0 Å². The standard InChI is InChI=1S/C21H20ClN3O2S/c1-28-19-6-3-2-5-18(19)23-20(26)7-4-14-25-21(27)13-12-17(24-25)15-8-10-16(22)11-9-15/h2-3,5-6,8-13H,4,7,14H2,1H3,(H,23,26). The molecule has 0 aliphatic rings. The number of hydrogen-bond donors (Lipinski definition) is 1. The van der Waals surface area contributed by atoms with Crippen LogP contribution in [0.25, 0.3) is 11.3 Å². The fourth-order valence-corrected chi connectivity index (χ4v) is 3.41. The largest absolute Gasteiger partial charge is 0.325 e. The van der Waals surface area contributed by atoms with Crippen molar-refractivity contribution in [1.82, 2.24) is 9.78 Å². The predicted molar refractivity (Wildman–Crippen MR) is 115 cm³/mol. The minimum absolute atomic E-state index is 0.0802. The zero-order chi connectivity index (χ0) is 19.9. The zero-order valence-corrected chi connectivity index (χ0v) is 17.0. The molecule has 1 aromatic heterocycles. The minimum Gasteiger partial charge on any atom is -0.325 e. The molecule has 0 saturated carbocycles. The van der Waals surface area contributed by atoms with E-state index in [4.69, 9.17) is 11.6 Å². The summed E-state index contributed by atoms with van der Waals surface area (Å²) in [5.74, 6) is -0.0802. The molecule has 5 nitrogen and oxygen atoms in total.